The second-order valence-electron chi connectivity index (χ2n) is 9.77. The molecular weight excluding hydrogens is 478 g/mol. The first kappa shape index (κ1) is 28.6. The SMILES string of the molecule is CC(C)C[C@H](NC(=O)[C@H](Cc1ccccc1)N[C@H](C)C(=O)OCc1ccccc1)C(=O)Nc1ccccc1. The summed E-state index contributed by atoms with van der Waals surface area (Å²) in [4.78, 5) is 39.3. The van der Waals surface area contributed by atoms with Gasteiger partial charge in [0.2, 0.25) is 11.8 Å². The van der Waals surface area contributed by atoms with Gasteiger partial charge < -0.3 is 15.4 Å². The molecule has 2 amide bonds. The Balaban J connectivity index is 1.70. The van der Waals surface area contributed by atoms with Gasteiger partial charge in [0.1, 0.15) is 18.7 Å². The minimum Gasteiger partial charge on any atom is -0.460 e. The molecule has 0 fully saturated rings. The third-order valence-electron chi connectivity index (χ3n) is 6.01. The summed E-state index contributed by atoms with van der Waals surface area (Å²) in [5.74, 6) is -0.924. The lowest BCUT2D eigenvalue weighted by atomic mass is 10.0. The molecule has 0 saturated heterocycles. The third kappa shape index (κ3) is 9.48. The molecule has 0 aromatic heterocycles. The maximum Gasteiger partial charge on any atom is 0.323 e. The van der Waals surface area contributed by atoms with Gasteiger partial charge in [-0.3, -0.25) is 19.7 Å². The van der Waals surface area contributed by atoms with E-state index in [4.69, 9.17) is 4.74 Å². The van der Waals surface area contributed by atoms with Crippen LogP contribution < -0.4 is 16.0 Å². The van der Waals surface area contributed by atoms with Crippen molar-refractivity contribution in [1.29, 1.82) is 0 Å². The van der Waals surface area contributed by atoms with E-state index in [2.05, 4.69) is 16.0 Å². The Labute approximate surface area is 225 Å². The fourth-order valence-corrected chi connectivity index (χ4v) is 4.03. The monoisotopic (exact) mass is 515 g/mol. The maximum atomic E-state index is 13.5. The van der Waals surface area contributed by atoms with E-state index in [1.54, 1.807) is 19.1 Å². The van der Waals surface area contributed by atoms with Crippen LogP contribution in [0.1, 0.15) is 38.3 Å². The van der Waals surface area contributed by atoms with Crippen molar-refractivity contribution >= 4 is 23.5 Å². The quantitative estimate of drug-likeness (QED) is 0.292. The molecular formula is C31H37N3O4. The van der Waals surface area contributed by atoms with Crippen LogP contribution in [0.3, 0.4) is 0 Å². The van der Waals surface area contributed by atoms with E-state index in [1.807, 2.05) is 92.7 Å². The van der Waals surface area contributed by atoms with Crippen molar-refractivity contribution in [3.63, 3.8) is 0 Å². The predicted octanol–water partition coefficient (Wildman–Crippen LogP) is 4.49. The predicted molar refractivity (Wildman–Crippen MR) is 149 cm³/mol. The smallest absolute Gasteiger partial charge is 0.323 e. The number of benzene rings is 3. The standard InChI is InChI=1S/C31H37N3O4/c1-22(2)19-27(29(35)33-26-17-11-6-12-18-26)34-30(36)28(20-24-13-7-4-8-14-24)32-23(3)31(37)38-21-25-15-9-5-10-16-25/h4-18,22-23,27-28,32H,19-21H2,1-3H3,(H,33,35)(H,34,36)/t23-,27+,28+/m1/s1. The summed E-state index contributed by atoms with van der Waals surface area (Å²) in [6, 6.07) is 25.9. The van der Waals surface area contributed by atoms with Crippen molar-refractivity contribution in [2.75, 3.05) is 5.32 Å². The lowest BCUT2D eigenvalue weighted by molar-refractivity contribution is -0.147. The van der Waals surface area contributed by atoms with Crippen LogP contribution in [-0.2, 0) is 32.1 Å². The number of carbonyl (C=O) groups is 3. The highest BCUT2D eigenvalue weighted by molar-refractivity contribution is 5.98. The van der Waals surface area contributed by atoms with E-state index in [9.17, 15) is 14.4 Å². The first-order valence-electron chi connectivity index (χ1n) is 13.0. The molecule has 3 atom stereocenters. The fraction of sp³-hybridized carbons (Fsp3) is 0.323. The summed E-state index contributed by atoms with van der Waals surface area (Å²) in [5, 5.41) is 8.94. The Morgan fingerprint density at radius 3 is 1.84 bits per heavy atom. The van der Waals surface area contributed by atoms with E-state index >= 15 is 0 Å². The molecule has 38 heavy (non-hydrogen) atoms. The molecule has 0 bridgehead atoms. The van der Waals surface area contributed by atoms with E-state index in [0.717, 1.165) is 11.1 Å². The van der Waals surface area contributed by atoms with E-state index in [1.165, 1.54) is 0 Å². The van der Waals surface area contributed by atoms with Gasteiger partial charge in [-0.05, 0) is 48.9 Å². The van der Waals surface area contributed by atoms with E-state index in [0.29, 0.717) is 18.5 Å². The average molecular weight is 516 g/mol. The highest BCUT2D eigenvalue weighted by Crippen LogP contribution is 2.12. The van der Waals surface area contributed by atoms with Gasteiger partial charge in [-0.2, -0.15) is 0 Å². The summed E-state index contributed by atoms with van der Waals surface area (Å²) >= 11 is 0. The van der Waals surface area contributed by atoms with Crippen LogP contribution in [0.5, 0.6) is 0 Å². The molecule has 0 radical (unpaired) electrons. The number of rotatable bonds is 13. The van der Waals surface area contributed by atoms with Crippen LogP contribution in [0.4, 0.5) is 5.69 Å². The van der Waals surface area contributed by atoms with Gasteiger partial charge in [-0.15, -0.1) is 0 Å². The lowest BCUT2D eigenvalue weighted by Crippen LogP contribution is -2.55. The summed E-state index contributed by atoms with van der Waals surface area (Å²) in [5.41, 5.74) is 2.47. The van der Waals surface area contributed by atoms with Crippen LogP contribution in [0.2, 0.25) is 0 Å². The summed E-state index contributed by atoms with van der Waals surface area (Å²) in [6.07, 6.45) is 0.814. The first-order valence-corrected chi connectivity index (χ1v) is 13.0. The van der Waals surface area contributed by atoms with Crippen LogP contribution in [0.25, 0.3) is 0 Å². The zero-order chi connectivity index (χ0) is 27.3. The van der Waals surface area contributed by atoms with Gasteiger partial charge in [0, 0.05) is 5.69 Å². The summed E-state index contributed by atoms with van der Waals surface area (Å²) in [7, 11) is 0. The van der Waals surface area contributed by atoms with Crippen molar-refractivity contribution in [3.8, 4) is 0 Å². The molecule has 200 valence electrons. The number of hydrogen-bond donors (Lipinski definition) is 3. The van der Waals surface area contributed by atoms with Gasteiger partial charge in [-0.25, -0.2) is 0 Å². The second kappa shape index (κ2) is 14.7. The molecule has 0 spiro atoms. The molecule has 0 aliphatic rings. The summed E-state index contributed by atoms with van der Waals surface area (Å²) < 4.78 is 5.46. The molecule has 3 aromatic rings. The van der Waals surface area contributed by atoms with Gasteiger partial charge in [-0.1, -0.05) is 92.7 Å². The Hall–Kier alpha value is -3.97. The topological polar surface area (TPSA) is 96.5 Å². The van der Waals surface area contributed by atoms with E-state index < -0.39 is 24.1 Å². The minimum atomic E-state index is -0.754. The molecule has 7 nitrogen and oxygen atoms in total. The first-order chi connectivity index (χ1) is 18.3. The molecule has 7 heteroatoms. The number of hydrogen-bond acceptors (Lipinski definition) is 5. The number of esters is 1. The zero-order valence-electron chi connectivity index (χ0n) is 22.2. The highest BCUT2D eigenvalue weighted by atomic mass is 16.5. The largest absolute Gasteiger partial charge is 0.460 e. The zero-order valence-corrected chi connectivity index (χ0v) is 22.2. The van der Waals surface area contributed by atoms with Crippen LogP contribution in [0, 0.1) is 5.92 Å². The van der Waals surface area contributed by atoms with Crippen LogP contribution in [0.15, 0.2) is 91.0 Å². The maximum absolute atomic E-state index is 13.5. The number of carbonyl (C=O) groups excluding carboxylic acids is 3. The average Bonchev–Trinajstić information content (AvgIpc) is 2.92. The van der Waals surface area contributed by atoms with Crippen LogP contribution >= 0.6 is 0 Å². The molecule has 0 heterocycles. The Morgan fingerprint density at radius 2 is 1.26 bits per heavy atom. The molecule has 3 N–H and O–H groups in total. The molecule has 0 unspecified atom stereocenters. The number of para-hydroxylation sites is 1. The molecule has 0 aliphatic carbocycles. The highest BCUT2D eigenvalue weighted by Gasteiger charge is 2.29. The van der Waals surface area contributed by atoms with Gasteiger partial charge in [0.05, 0.1) is 6.04 Å². The van der Waals surface area contributed by atoms with E-state index in [-0.39, 0.29) is 24.3 Å². The minimum absolute atomic E-state index is 0.150. The second-order valence-corrected chi connectivity index (χ2v) is 9.77. The molecule has 3 aromatic carbocycles. The number of amides is 2. The van der Waals surface area contributed by atoms with Crippen LogP contribution in [-0.4, -0.2) is 35.9 Å². The Bertz CT molecular complexity index is 1150. The van der Waals surface area contributed by atoms with Gasteiger partial charge >= 0.3 is 5.97 Å². The molecule has 3 rings (SSSR count). The number of anilines is 1. The Kier molecular flexibility index (Phi) is 11.1. The molecule has 0 saturated carbocycles. The third-order valence-corrected chi connectivity index (χ3v) is 6.01. The van der Waals surface area contributed by atoms with Crippen molar-refractivity contribution in [1.82, 2.24) is 10.6 Å². The number of ether oxygens (including phenoxy) is 1. The fourth-order valence-electron chi connectivity index (χ4n) is 4.03. The van der Waals surface area contributed by atoms with Gasteiger partial charge in [0.25, 0.3) is 0 Å². The summed E-state index contributed by atoms with van der Waals surface area (Å²) in [6.45, 7) is 5.82. The lowest BCUT2D eigenvalue weighted by Gasteiger charge is -2.26. The van der Waals surface area contributed by atoms with Crippen molar-refractivity contribution in [2.45, 2.75) is 58.3 Å². The Morgan fingerprint density at radius 1 is 0.711 bits per heavy atom. The van der Waals surface area contributed by atoms with Crippen molar-refractivity contribution in [2.24, 2.45) is 5.92 Å². The van der Waals surface area contributed by atoms with Crippen molar-refractivity contribution in [3.05, 3.63) is 102 Å². The number of nitrogens with one attached hydrogen (secondary N) is 3. The molecule has 0 aliphatic heterocycles. The van der Waals surface area contributed by atoms with Crippen molar-refractivity contribution < 1.29 is 19.1 Å². The van der Waals surface area contributed by atoms with Gasteiger partial charge in [0.15, 0.2) is 0 Å². The normalized spacial score (nSPS) is 13.3.